The van der Waals surface area contributed by atoms with E-state index < -0.39 is 17.6 Å². The van der Waals surface area contributed by atoms with Gasteiger partial charge in [-0.2, -0.15) is 0 Å². The molecule has 1 aromatic heterocycles. The lowest BCUT2D eigenvalue weighted by Crippen LogP contribution is -2.51. The van der Waals surface area contributed by atoms with Gasteiger partial charge in [0.15, 0.2) is 5.75 Å². The van der Waals surface area contributed by atoms with Gasteiger partial charge in [0.05, 0.1) is 21.7 Å². The van der Waals surface area contributed by atoms with Crippen molar-refractivity contribution < 1.29 is 33.6 Å². The highest BCUT2D eigenvalue weighted by molar-refractivity contribution is 6.37. The maximum absolute atomic E-state index is 14.7. The first-order chi connectivity index (χ1) is 26.8. The summed E-state index contributed by atoms with van der Waals surface area (Å²) in [5, 5.41) is 11.2. The van der Waals surface area contributed by atoms with Crippen LogP contribution in [0.4, 0.5) is 4.79 Å². The summed E-state index contributed by atoms with van der Waals surface area (Å²) in [6.07, 6.45) is 4.47. The minimum absolute atomic E-state index is 0.0517. The number of carbonyl (C=O) groups excluding carboxylic acids is 1. The predicted molar refractivity (Wildman–Crippen MR) is 219 cm³/mol. The third-order valence-electron chi connectivity index (χ3n) is 9.52. The number of benzene rings is 3. The number of hydrogen-bond donors (Lipinski definition) is 1. The van der Waals surface area contributed by atoms with E-state index in [0.717, 1.165) is 53.6 Å². The van der Waals surface area contributed by atoms with Crippen LogP contribution in [-0.2, 0) is 35.5 Å². The molecule has 1 fully saturated rings. The summed E-state index contributed by atoms with van der Waals surface area (Å²) in [6.45, 7) is 9.34. The van der Waals surface area contributed by atoms with E-state index in [4.69, 9.17) is 42.1 Å². The van der Waals surface area contributed by atoms with Crippen LogP contribution in [-0.4, -0.2) is 76.9 Å². The van der Waals surface area contributed by atoms with Crippen LogP contribution in [0.2, 0.25) is 10.0 Å². The number of nitrogens with zero attached hydrogens (tertiary/aromatic N) is 3. The molecule has 1 aliphatic carbocycles. The first-order valence-corrected chi connectivity index (χ1v) is 19.8. The lowest BCUT2D eigenvalue weighted by atomic mass is 9.94. The lowest BCUT2D eigenvalue weighted by Gasteiger charge is -2.37. The zero-order valence-electron chi connectivity index (χ0n) is 32.9. The molecule has 0 aliphatic heterocycles. The molecule has 1 N–H and O–H groups in total. The smallest absolute Gasteiger partial charge is 0.407 e. The fraction of sp³-hybridized carbons (Fsp3) is 0.432. The van der Waals surface area contributed by atoms with Crippen molar-refractivity contribution in [2.45, 2.75) is 84.5 Å². The fourth-order valence-electron chi connectivity index (χ4n) is 6.54. The second-order valence-electron chi connectivity index (χ2n) is 15.3. The number of aromatic nitrogens is 1. The number of methoxy groups -OCH3 is 1. The molecule has 0 spiro atoms. The second-order valence-corrected chi connectivity index (χ2v) is 16.1. The first kappa shape index (κ1) is 42.6. The molecule has 1 atom stereocenters. The van der Waals surface area contributed by atoms with E-state index in [1.807, 2.05) is 87.2 Å². The van der Waals surface area contributed by atoms with Gasteiger partial charge < -0.3 is 33.9 Å². The Morgan fingerprint density at radius 1 is 0.875 bits per heavy atom. The van der Waals surface area contributed by atoms with Crippen LogP contribution in [0.25, 0.3) is 0 Å². The Hall–Kier alpha value is -4.51. The molecule has 0 bridgehead atoms. The van der Waals surface area contributed by atoms with Crippen molar-refractivity contribution in [2.24, 2.45) is 5.92 Å². The Morgan fingerprint density at radius 2 is 1.57 bits per heavy atom. The molecule has 4 aromatic rings. The van der Waals surface area contributed by atoms with Crippen LogP contribution < -0.4 is 14.2 Å². The fourth-order valence-corrected chi connectivity index (χ4v) is 7.24. The Bertz CT molecular complexity index is 1880. The Balaban J connectivity index is 1.32. The summed E-state index contributed by atoms with van der Waals surface area (Å²) < 4.78 is 23.2. The number of carboxylic acid groups (broad SMARTS) is 1. The molecule has 12 heteroatoms. The third kappa shape index (κ3) is 12.8. The average Bonchev–Trinajstić information content (AvgIpc) is 4.00. The Morgan fingerprint density at radius 3 is 2.20 bits per heavy atom. The van der Waals surface area contributed by atoms with Crippen LogP contribution in [0.15, 0.2) is 79.0 Å². The van der Waals surface area contributed by atoms with Gasteiger partial charge in [-0.05, 0) is 131 Å². The topological polar surface area (TPSA) is 111 Å². The highest BCUT2D eigenvalue weighted by Crippen LogP contribution is 2.35. The number of rotatable bonds is 20. The number of amides is 2. The SMILES string of the molecule is COCCCc1cc(CN(C(=O)C(Cc2ccc(OCCOc3c(Cl)cc(C)cc3Cl)cc2)CN(C(=O)O)C(C)(C)C)C2CC2)cc(OCc2ccccn2)c1. The van der Waals surface area contributed by atoms with E-state index >= 15 is 0 Å². The molecule has 300 valence electrons. The van der Waals surface area contributed by atoms with Gasteiger partial charge >= 0.3 is 6.09 Å². The lowest BCUT2D eigenvalue weighted by molar-refractivity contribution is -0.137. The average molecular weight is 807 g/mol. The standard InChI is InChI=1S/C44H53Cl2N3O7/c1-30-21-39(45)41(40(46)22-30)55-20-19-54-37-15-11-31(12-16-37)24-34(28-49(43(51)52)44(2,3)4)42(50)48(36-13-14-36)27-33-23-32(9-8-18-53-5)25-38(26-33)56-29-35-10-6-7-17-47-35/h6-7,10-12,15-17,21-23,25-26,34,36H,8-9,13-14,18-20,24,27-29H2,1-5H3,(H,51,52). The van der Waals surface area contributed by atoms with Crippen LogP contribution in [0, 0.1) is 12.8 Å². The molecular weight excluding hydrogens is 753 g/mol. The summed E-state index contributed by atoms with van der Waals surface area (Å²) >= 11 is 12.6. The maximum atomic E-state index is 14.7. The molecule has 1 aliphatic rings. The highest BCUT2D eigenvalue weighted by atomic mass is 35.5. The quantitative estimate of drug-likeness (QED) is 0.0881. The Kier molecular flexibility index (Phi) is 15.3. The van der Waals surface area contributed by atoms with Crippen molar-refractivity contribution in [3.63, 3.8) is 0 Å². The first-order valence-electron chi connectivity index (χ1n) is 19.1. The van der Waals surface area contributed by atoms with Gasteiger partial charge in [0.2, 0.25) is 5.91 Å². The summed E-state index contributed by atoms with van der Waals surface area (Å²) in [5.74, 6) is 1.06. The number of carbonyl (C=O) groups is 2. The molecule has 10 nitrogen and oxygen atoms in total. The Labute approximate surface area is 340 Å². The number of halogens is 2. The molecule has 0 radical (unpaired) electrons. The predicted octanol–water partition coefficient (Wildman–Crippen LogP) is 9.44. The molecule has 2 amide bonds. The molecule has 56 heavy (non-hydrogen) atoms. The van der Waals surface area contributed by atoms with Gasteiger partial charge in [-0.25, -0.2) is 4.79 Å². The molecule has 5 rings (SSSR count). The van der Waals surface area contributed by atoms with Crippen molar-refractivity contribution in [1.29, 1.82) is 0 Å². The number of aryl methyl sites for hydroxylation is 2. The monoisotopic (exact) mass is 805 g/mol. The molecule has 1 saturated carbocycles. The summed E-state index contributed by atoms with van der Waals surface area (Å²) in [4.78, 5) is 35.0. The normalized spacial score (nSPS) is 13.2. The number of ether oxygens (including phenoxy) is 4. The van der Waals surface area contributed by atoms with Crippen molar-refractivity contribution in [3.8, 4) is 17.2 Å². The van der Waals surface area contributed by atoms with E-state index in [2.05, 4.69) is 11.1 Å². The van der Waals surface area contributed by atoms with Crippen LogP contribution in [0.5, 0.6) is 17.2 Å². The van der Waals surface area contributed by atoms with Gasteiger partial charge in [-0.3, -0.25) is 9.78 Å². The van der Waals surface area contributed by atoms with E-state index in [-0.39, 0.29) is 31.7 Å². The highest BCUT2D eigenvalue weighted by Gasteiger charge is 2.39. The molecular formula is C44H53Cl2N3O7. The maximum Gasteiger partial charge on any atom is 0.407 e. The minimum atomic E-state index is -1.06. The van der Waals surface area contributed by atoms with Gasteiger partial charge in [0.25, 0.3) is 0 Å². The van der Waals surface area contributed by atoms with Gasteiger partial charge in [0, 0.05) is 44.6 Å². The zero-order chi connectivity index (χ0) is 40.2. The number of pyridine rings is 1. The molecule has 1 heterocycles. The van der Waals surface area contributed by atoms with Crippen LogP contribution >= 0.6 is 23.2 Å². The van der Waals surface area contributed by atoms with Crippen molar-refractivity contribution in [1.82, 2.24) is 14.8 Å². The summed E-state index contributed by atoms with van der Waals surface area (Å²) in [6, 6.07) is 23.1. The van der Waals surface area contributed by atoms with Crippen LogP contribution in [0.3, 0.4) is 0 Å². The van der Waals surface area contributed by atoms with Gasteiger partial charge in [-0.1, -0.05) is 47.5 Å². The van der Waals surface area contributed by atoms with Gasteiger partial charge in [-0.15, -0.1) is 0 Å². The third-order valence-corrected chi connectivity index (χ3v) is 10.1. The number of hydrogen-bond acceptors (Lipinski definition) is 7. The van der Waals surface area contributed by atoms with E-state index in [1.54, 1.807) is 25.4 Å². The van der Waals surface area contributed by atoms with Gasteiger partial charge in [0.1, 0.15) is 31.3 Å². The zero-order valence-corrected chi connectivity index (χ0v) is 34.4. The van der Waals surface area contributed by atoms with Crippen LogP contribution in [0.1, 0.15) is 68.0 Å². The summed E-state index contributed by atoms with van der Waals surface area (Å²) in [5.41, 5.74) is 4.00. The minimum Gasteiger partial charge on any atom is -0.490 e. The molecule has 3 aromatic carbocycles. The van der Waals surface area contributed by atoms with E-state index in [0.29, 0.717) is 53.5 Å². The largest absolute Gasteiger partial charge is 0.490 e. The van der Waals surface area contributed by atoms with Crippen molar-refractivity contribution in [2.75, 3.05) is 33.5 Å². The second kappa shape index (κ2) is 20.1. The van der Waals surface area contributed by atoms with E-state index in [1.165, 1.54) is 4.90 Å². The summed E-state index contributed by atoms with van der Waals surface area (Å²) in [7, 11) is 1.69. The molecule has 1 unspecified atom stereocenters. The molecule has 0 saturated heterocycles. The van der Waals surface area contributed by atoms with Crippen molar-refractivity contribution in [3.05, 3.63) is 117 Å². The van der Waals surface area contributed by atoms with Crippen molar-refractivity contribution >= 4 is 35.2 Å². The van der Waals surface area contributed by atoms with E-state index in [9.17, 15) is 14.7 Å².